The molecule has 0 radical (unpaired) electrons. The highest BCUT2D eigenvalue weighted by Crippen LogP contribution is 2.29. The Balaban J connectivity index is 1.58. The third kappa shape index (κ3) is 4.56. The molecule has 0 unspecified atom stereocenters. The second kappa shape index (κ2) is 8.76. The first-order chi connectivity index (χ1) is 14.2. The zero-order valence-electron chi connectivity index (χ0n) is 16.5. The summed E-state index contributed by atoms with van der Waals surface area (Å²) in [6, 6.07) is 20.1. The minimum absolute atomic E-state index is 0.475. The Morgan fingerprint density at radius 1 is 0.828 bits per heavy atom. The van der Waals surface area contributed by atoms with E-state index in [0.29, 0.717) is 17.3 Å². The highest BCUT2D eigenvalue weighted by molar-refractivity contribution is 5.77. The molecule has 1 aliphatic heterocycles. The van der Waals surface area contributed by atoms with Crippen molar-refractivity contribution in [3.63, 3.8) is 0 Å². The lowest BCUT2D eigenvalue weighted by atomic mass is 10.2. The molecule has 3 aromatic rings. The lowest BCUT2D eigenvalue weighted by Crippen LogP contribution is -2.47. The number of nitrogens with one attached hydrogen (secondary N) is 2. The maximum atomic E-state index is 6.42. The fourth-order valence-corrected chi connectivity index (χ4v) is 3.18. The van der Waals surface area contributed by atoms with E-state index in [1.54, 1.807) is 0 Å². The van der Waals surface area contributed by atoms with Gasteiger partial charge in [-0.25, -0.2) is 15.0 Å². The summed E-state index contributed by atoms with van der Waals surface area (Å²) in [5.74, 6) is 1.15. The summed E-state index contributed by atoms with van der Waals surface area (Å²) in [6.45, 7) is 3.81. The van der Waals surface area contributed by atoms with Crippen LogP contribution in [-0.4, -0.2) is 53.1 Å². The SMILES string of the molecule is CN1CCN(Nc2ncnc(NN(c3ccccc3)c3ccccc3)c2N)CC1. The van der Waals surface area contributed by atoms with E-state index in [1.165, 1.54) is 6.33 Å². The van der Waals surface area contributed by atoms with Gasteiger partial charge in [-0.2, -0.15) is 0 Å². The fraction of sp³-hybridized carbons (Fsp3) is 0.238. The average Bonchev–Trinajstić information content (AvgIpc) is 2.77. The maximum absolute atomic E-state index is 6.42. The molecule has 150 valence electrons. The Kier molecular flexibility index (Phi) is 5.73. The number of para-hydroxylation sites is 2. The number of hydrogen-bond acceptors (Lipinski definition) is 8. The Morgan fingerprint density at radius 3 is 1.97 bits per heavy atom. The molecular weight excluding hydrogens is 364 g/mol. The van der Waals surface area contributed by atoms with E-state index in [1.807, 2.05) is 65.7 Å². The van der Waals surface area contributed by atoms with E-state index < -0.39 is 0 Å². The molecule has 8 heteroatoms. The number of aromatic nitrogens is 2. The van der Waals surface area contributed by atoms with Gasteiger partial charge < -0.3 is 16.1 Å². The lowest BCUT2D eigenvalue weighted by molar-refractivity contribution is 0.178. The summed E-state index contributed by atoms with van der Waals surface area (Å²) in [5.41, 5.74) is 15.5. The monoisotopic (exact) mass is 390 g/mol. The largest absolute Gasteiger partial charge is 0.393 e. The Bertz CT molecular complexity index is 871. The first-order valence-electron chi connectivity index (χ1n) is 9.68. The van der Waals surface area contributed by atoms with Gasteiger partial charge >= 0.3 is 0 Å². The molecule has 2 aromatic carbocycles. The average molecular weight is 390 g/mol. The van der Waals surface area contributed by atoms with E-state index in [2.05, 4.69) is 37.8 Å². The highest BCUT2D eigenvalue weighted by atomic mass is 15.6. The van der Waals surface area contributed by atoms with E-state index in [-0.39, 0.29) is 0 Å². The smallest absolute Gasteiger partial charge is 0.173 e. The molecule has 1 aromatic heterocycles. The molecule has 0 bridgehead atoms. The standard InChI is InChI=1S/C21H26N8/c1-27-12-14-28(15-13-27)25-20-19(22)21(24-16-23-20)26-29(17-8-4-2-5-9-17)18-10-6-3-7-11-18/h2-11,16H,12-15,22H2,1H3,(H2,23,24,25,26). The summed E-state index contributed by atoms with van der Waals surface area (Å²) in [6.07, 6.45) is 1.52. The molecule has 1 fully saturated rings. The van der Waals surface area contributed by atoms with Gasteiger partial charge in [0.25, 0.3) is 0 Å². The number of likely N-dealkylation sites (N-methyl/N-ethyl adjacent to an activating group) is 1. The molecule has 4 rings (SSSR count). The lowest BCUT2D eigenvalue weighted by Gasteiger charge is -2.33. The molecular formula is C21H26N8. The summed E-state index contributed by atoms with van der Waals surface area (Å²) < 4.78 is 0. The number of benzene rings is 2. The van der Waals surface area contributed by atoms with Crippen LogP contribution in [0.3, 0.4) is 0 Å². The molecule has 1 saturated heterocycles. The van der Waals surface area contributed by atoms with Crippen LogP contribution in [0.25, 0.3) is 0 Å². The maximum Gasteiger partial charge on any atom is 0.173 e. The molecule has 1 aliphatic rings. The zero-order valence-corrected chi connectivity index (χ0v) is 16.5. The minimum Gasteiger partial charge on any atom is -0.393 e. The molecule has 2 heterocycles. The van der Waals surface area contributed by atoms with Crippen molar-refractivity contribution in [2.75, 3.05) is 54.8 Å². The summed E-state index contributed by atoms with van der Waals surface area (Å²) in [4.78, 5) is 11.0. The van der Waals surface area contributed by atoms with Crippen LogP contribution in [0.15, 0.2) is 67.0 Å². The van der Waals surface area contributed by atoms with Gasteiger partial charge in [-0.15, -0.1) is 0 Å². The van der Waals surface area contributed by atoms with Crippen molar-refractivity contribution >= 4 is 28.7 Å². The van der Waals surface area contributed by atoms with Crippen LogP contribution in [0.2, 0.25) is 0 Å². The van der Waals surface area contributed by atoms with E-state index in [0.717, 1.165) is 37.6 Å². The van der Waals surface area contributed by atoms with Crippen molar-refractivity contribution in [2.45, 2.75) is 0 Å². The second-order valence-electron chi connectivity index (χ2n) is 7.00. The van der Waals surface area contributed by atoms with Gasteiger partial charge in [0.1, 0.15) is 12.0 Å². The van der Waals surface area contributed by atoms with Crippen molar-refractivity contribution in [2.24, 2.45) is 0 Å². The molecule has 0 spiro atoms. The quantitative estimate of drug-likeness (QED) is 0.554. The van der Waals surface area contributed by atoms with Crippen LogP contribution in [0.1, 0.15) is 0 Å². The first-order valence-corrected chi connectivity index (χ1v) is 9.68. The van der Waals surface area contributed by atoms with E-state index in [4.69, 9.17) is 5.73 Å². The molecule has 4 N–H and O–H groups in total. The van der Waals surface area contributed by atoms with Gasteiger partial charge in [0.05, 0.1) is 11.4 Å². The molecule has 0 amide bonds. The van der Waals surface area contributed by atoms with Crippen LogP contribution in [0, 0.1) is 0 Å². The summed E-state index contributed by atoms with van der Waals surface area (Å²) in [5, 5.41) is 4.09. The van der Waals surface area contributed by atoms with Gasteiger partial charge in [0.15, 0.2) is 11.6 Å². The number of rotatable bonds is 6. The van der Waals surface area contributed by atoms with Crippen molar-refractivity contribution in [3.05, 3.63) is 67.0 Å². The number of anilines is 5. The molecule has 29 heavy (non-hydrogen) atoms. The Morgan fingerprint density at radius 2 is 1.38 bits per heavy atom. The fourth-order valence-electron chi connectivity index (χ4n) is 3.18. The highest BCUT2D eigenvalue weighted by Gasteiger charge is 2.18. The number of hydrogen-bond donors (Lipinski definition) is 3. The predicted molar refractivity (Wildman–Crippen MR) is 118 cm³/mol. The summed E-state index contributed by atoms with van der Waals surface area (Å²) in [7, 11) is 2.13. The molecule has 0 aliphatic carbocycles. The van der Waals surface area contributed by atoms with Gasteiger partial charge in [0, 0.05) is 26.2 Å². The van der Waals surface area contributed by atoms with Crippen molar-refractivity contribution in [1.29, 1.82) is 0 Å². The van der Waals surface area contributed by atoms with Crippen molar-refractivity contribution in [1.82, 2.24) is 19.9 Å². The van der Waals surface area contributed by atoms with Gasteiger partial charge in [-0.1, -0.05) is 36.4 Å². The van der Waals surface area contributed by atoms with Crippen LogP contribution in [0.5, 0.6) is 0 Å². The topological polar surface area (TPSA) is 85.6 Å². The minimum atomic E-state index is 0.475. The first kappa shape index (κ1) is 19.0. The Hall–Kier alpha value is -3.36. The van der Waals surface area contributed by atoms with Crippen molar-refractivity contribution < 1.29 is 0 Å². The predicted octanol–water partition coefficient (Wildman–Crippen LogP) is 2.80. The molecule has 0 saturated carbocycles. The van der Waals surface area contributed by atoms with Crippen LogP contribution >= 0.6 is 0 Å². The Labute approximate surface area is 170 Å². The number of nitrogen functional groups attached to an aromatic ring is 1. The molecule has 0 atom stereocenters. The van der Waals surface area contributed by atoms with Gasteiger partial charge in [0.2, 0.25) is 0 Å². The molecule has 8 nitrogen and oxygen atoms in total. The van der Waals surface area contributed by atoms with E-state index >= 15 is 0 Å². The van der Waals surface area contributed by atoms with Crippen molar-refractivity contribution in [3.8, 4) is 0 Å². The second-order valence-corrected chi connectivity index (χ2v) is 7.00. The number of piperazine rings is 1. The number of nitrogens with two attached hydrogens (primary N) is 1. The van der Waals surface area contributed by atoms with Crippen LogP contribution in [0.4, 0.5) is 28.7 Å². The third-order valence-corrected chi connectivity index (χ3v) is 4.90. The van der Waals surface area contributed by atoms with Crippen LogP contribution < -0.4 is 21.6 Å². The van der Waals surface area contributed by atoms with Crippen LogP contribution in [-0.2, 0) is 0 Å². The van der Waals surface area contributed by atoms with Gasteiger partial charge in [-0.05, 0) is 31.3 Å². The summed E-state index contributed by atoms with van der Waals surface area (Å²) >= 11 is 0. The number of hydrazine groups is 2. The van der Waals surface area contributed by atoms with E-state index in [9.17, 15) is 0 Å². The number of nitrogens with zero attached hydrogens (tertiary/aromatic N) is 5. The van der Waals surface area contributed by atoms with Gasteiger partial charge in [-0.3, -0.25) is 10.4 Å². The third-order valence-electron chi connectivity index (χ3n) is 4.90. The normalized spacial score (nSPS) is 15.1. The zero-order chi connectivity index (χ0) is 20.1.